The van der Waals surface area contributed by atoms with E-state index in [0.717, 1.165) is 17.9 Å². The first-order chi connectivity index (χ1) is 13.2. The SMILES string of the molecule is CN(Cc1nccn1Cc1ccccc1)c1nc(-c2cccc(Cl)c2)no1. The third kappa shape index (κ3) is 4.01. The van der Waals surface area contributed by atoms with Gasteiger partial charge in [-0.05, 0) is 17.7 Å². The molecule has 0 N–H and O–H groups in total. The summed E-state index contributed by atoms with van der Waals surface area (Å²) in [5, 5.41) is 4.69. The minimum absolute atomic E-state index is 0.430. The van der Waals surface area contributed by atoms with E-state index in [1.54, 1.807) is 6.20 Å². The second-order valence-electron chi connectivity index (χ2n) is 6.22. The molecule has 0 unspecified atom stereocenters. The maximum absolute atomic E-state index is 6.04. The number of halogens is 1. The van der Waals surface area contributed by atoms with Crippen LogP contribution in [0.3, 0.4) is 0 Å². The highest BCUT2D eigenvalue weighted by Crippen LogP contribution is 2.22. The van der Waals surface area contributed by atoms with E-state index in [4.69, 9.17) is 16.1 Å². The first-order valence-corrected chi connectivity index (χ1v) is 8.91. The third-order valence-electron chi connectivity index (χ3n) is 4.20. The van der Waals surface area contributed by atoms with E-state index in [2.05, 4.69) is 31.8 Å². The molecule has 0 aliphatic rings. The zero-order valence-corrected chi connectivity index (χ0v) is 15.5. The van der Waals surface area contributed by atoms with E-state index >= 15 is 0 Å². The van der Waals surface area contributed by atoms with Crippen molar-refractivity contribution in [2.24, 2.45) is 0 Å². The van der Waals surface area contributed by atoms with Gasteiger partial charge >= 0.3 is 6.01 Å². The van der Waals surface area contributed by atoms with Gasteiger partial charge in [0.05, 0.1) is 6.54 Å². The van der Waals surface area contributed by atoms with Gasteiger partial charge in [-0.1, -0.05) is 59.2 Å². The fourth-order valence-corrected chi connectivity index (χ4v) is 3.00. The maximum atomic E-state index is 6.04. The highest BCUT2D eigenvalue weighted by Gasteiger charge is 2.15. The maximum Gasteiger partial charge on any atom is 0.324 e. The highest BCUT2D eigenvalue weighted by molar-refractivity contribution is 6.30. The Morgan fingerprint density at radius 2 is 1.96 bits per heavy atom. The second-order valence-corrected chi connectivity index (χ2v) is 6.66. The predicted molar refractivity (Wildman–Crippen MR) is 105 cm³/mol. The van der Waals surface area contributed by atoms with Gasteiger partial charge in [0, 0.05) is 36.6 Å². The third-order valence-corrected chi connectivity index (χ3v) is 4.44. The molecular weight excluding hydrogens is 362 g/mol. The van der Waals surface area contributed by atoms with Crippen molar-refractivity contribution in [3.8, 4) is 11.4 Å². The van der Waals surface area contributed by atoms with Gasteiger partial charge in [-0.3, -0.25) is 0 Å². The normalized spacial score (nSPS) is 10.9. The second kappa shape index (κ2) is 7.63. The van der Waals surface area contributed by atoms with Crippen molar-refractivity contribution < 1.29 is 4.52 Å². The van der Waals surface area contributed by atoms with Crippen molar-refractivity contribution in [1.82, 2.24) is 19.7 Å². The smallest absolute Gasteiger partial charge is 0.324 e. The summed E-state index contributed by atoms with van der Waals surface area (Å²) >= 11 is 6.04. The lowest BCUT2D eigenvalue weighted by molar-refractivity contribution is 0.417. The van der Waals surface area contributed by atoms with Crippen LogP contribution < -0.4 is 4.90 Å². The molecule has 0 saturated carbocycles. The van der Waals surface area contributed by atoms with Gasteiger partial charge in [-0.15, -0.1) is 0 Å². The van der Waals surface area contributed by atoms with Crippen molar-refractivity contribution in [3.05, 3.63) is 83.4 Å². The Morgan fingerprint density at radius 1 is 1.11 bits per heavy atom. The predicted octanol–water partition coefficient (Wildman–Crippen LogP) is 4.27. The van der Waals surface area contributed by atoms with Crippen LogP contribution in [-0.4, -0.2) is 26.7 Å². The first-order valence-electron chi connectivity index (χ1n) is 8.54. The summed E-state index contributed by atoms with van der Waals surface area (Å²) in [7, 11) is 1.90. The van der Waals surface area contributed by atoms with Crippen molar-refractivity contribution in [2.45, 2.75) is 13.1 Å². The number of nitrogens with zero attached hydrogens (tertiary/aromatic N) is 5. The summed E-state index contributed by atoms with van der Waals surface area (Å²) in [5.41, 5.74) is 2.04. The Morgan fingerprint density at radius 3 is 2.78 bits per heavy atom. The van der Waals surface area contributed by atoms with Gasteiger partial charge in [0.2, 0.25) is 5.82 Å². The number of hydrogen-bond acceptors (Lipinski definition) is 5. The van der Waals surface area contributed by atoms with Crippen LogP contribution in [0.15, 0.2) is 71.5 Å². The quantitative estimate of drug-likeness (QED) is 0.500. The van der Waals surface area contributed by atoms with Gasteiger partial charge in [-0.25, -0.2) is 4.98 Å². The molecule has 0 saturated heterocycles. The van der Waals surface area contributed by atoms with Crippen LogP contribution in [0.1, 0.15) is 11.4 Å². The van der Waals surface area contributed by atoms with Crippen molar-refractivity contribution in [3.63, 3.8) is 0 Å². The highest BCUT2D eigenvalue weighted by atomic mass is 35.5. The lowest BCUT2D eigenvalue weighted by atomic mass is 10.2. The fourth-order valence-electron chi connectivity index (χ4n) is 2.81. The lowest BCUT2D eigenvalue weighted by Gasteiger charge is -2.14. The topological polar surface area (TPSA) is 60.0 Å². The van der Waals surface area contributed by atoms with Crippen molar-refractivity contribution in [2.75, 3.05) is 11.9 Å². The molecule has 0 spiro atoms. The van der Waals surface area contributed by atoms with Crippen LogP contribution in [0, 0.1) is 0 Å². The van der Waals surface area contributed by atoms with Gasteiger partial charge < -0.3 is 14.0 Å². The zero-order chi connectivity index (χ0) is 18.6. The summed E-state index contributed by atoms with van der Waals surface area (Å²) < 4.78 is 7.52. The Balaban J connectivity index is 1.49. The minimum atomic E-state index is 0.430. The number of aromatic nitrogens is 4. The fraction of sp³-hybridized carbons (Fsp3) is 0.150. The number of imidazole rings is 1. The minimum Gasteiger partial charge on any atom is -0.329 e. The largest absolute Gasteiger partial charge is 0.329 e. The van der Waals surface area contributed by atoms with E-state index < -0.39 is 0 Å². The van der Waals surface area contributed by atoms with Crippen molar-refractivity contribution in [1.29, 1.82) is 0 Å². The van der Waals surface area contributed by atoms with E-state index in [-0.39, 0.29) is 0 Å². The Labute approximate surface area is 162 Å². The molecule has 0 aliphatic heterocycles. The summed E-state index contributed by atoms with van der Waals surface area (Å²) in [6, 6.07) is 18.1. The number of hydrogen-bond donors (Lipinski definition) is 0. The van der Waals surface area contributed by atoms with E-state index in [1.165, 1.54) is 5.56 Å². The Kier molecular flexibility index (Phi) is 4.89. The number of rotatable bonds is 6. The molecule has 27 heavy (non-hydrogen) atoms. The zero-order valence-electron chi connectivity index (χ0n) is 14.8. The van der Waals surface area contributed by atoms with E-state index in [1.807, 2.05) is 60.6 Å². The summed E-state index contributed by atoms with van der Waals surface area (Å²) in [6.07, 6.45) is 3.78. The summed E-state index contributed by atoms with van der Waals surface area (Å²) in [6.45, 7) is 1.32. The van der Waals surface area contributed by atoms with Crippen LogP contribution in [-0.2, 0) is 13.1 Å². The molecule has 0 fully saturated rings. The Hall–Kier alpha value is -3.12. The average Bonchev–Trinajstić information content (AvgIpc) is 3.33. The van der Waals surface area contributed by atoms with Crippen LogP contribution in [0.25, 0.3) is 11.4 Å². The molecule has 0 atom stereocenters. The summed E-state index contributed by atoms with van der Waals surface area (Å²) in [5.74, 6) is 1.43. The van der Waals surface area contributed by atoms with Crippen LogP contribution >= 0.6 is 11.6 Å². The molecule has 2 heterocycles. The average molecular weight is 380 g/mol. The number of anilines is 1. The molecule has 2 aromatic carbocycles. The van der Waals surface area contributed by atoms with Gasteiger partial charge in [0.15, 0.2) is 0 Å². The molecule has 0 bridgehead atoms. The molecule has 0 radical (unpaired) electrons. The van der Waals surface area contributed by atoms with Gasteiger partial charge in [0.25, 0.3) is 0 Å². The first kappa shape index (κ1) is 17.3. The standard InChI is InChI=1S/C20H18ClN5O/c1-25(20-23-19(24-27-20)16-8-5-9-17(21)12-16)14-18-22-10-11-26(18)13-15-6-3-2-4-7-15/h2-12H,13-14H2,1H3. The Bertz CT molecular complexity index is 1030. The number of benzene rings is 2. The van der Waals surface area contributed by atoms with Gasteiger partial charge in [-0.2, -0.15) is 4.98 Å². The van der Waals surface area contributed by atoms with Gasteiger partial charge in [0.1, 0.15) is 5.82 Å². The van der Waals surface area contributed by atoms with E-state index in [0.29, 0.717) is 23.4 Å². The van der Waals surface area contributed by atoms with Crippen molar-refractivity contribution >= 4 is 17.6 Å². The van der Waals surface area contributed by atoms with E-state index in [9.17, 15) is 0 Å². The molecule has 4 aromatic rings. The monoisotopic (exact) mass is 379 g/mol. The molecule has 7 heteroatoms. The molecule has 136 valence electrons. The van der Waals surface area contributed by atoms with Crippen LogP contribution in [0.5, 0.6) is 0 Å². The molecule has 0 amide bonds. The molecule has 2 aromatic heterocycles. The molecular formula is C20H18ClN5O. The van der Waals surface area contributed by atoms with Crippen LogP contribution in [0.2, 0.25) is 5.02 Å². The summed E-state index contributed by atoms with van der Waals surface area (Å²) in [4.78, 5) is 10.8. The molecule has 4 rings (SSSR count). The molecule has 0 aliphatic carbocycles. The van der Waals surface area contributed by atoms with Crippen LogP contribution in [0.4, 0.5) is 6.01 Å². The molecule has 6 nitrogen and oxygen atoms in total. The lowest BCUT2D eigenvalue weighted by Crippen LogP contribution is -2.20.